The molecule has 0 aliphatic heterocycles. The van der Waals surface area contributed by atoms with Crippen molar-refractivity contribution < 1.29 is 0 Å². The van der Waals surface area contributed by atoms with Crippen LogP contribution < -0.4 is 5.49 Å². The molecule has 0 spiro atoms. The molecule has 4 heteroatoms. The zero-order valence-corrected chi connectivity index (χ0v) is 13.3. The molecule has 0 atom stereocenters. The molecule has 21 heavy (non-hydrogen) atoms. The lowest BCUT2D eigenvalue weighted by Crippen LogP contribution is -2.26. The van der Waals surface area contributed by atoms with Crippen LogP contribution in [0.15, 0.2) is 6.33 Å². The zero-order chi connectivity index (χ0) is 14.2. The molecule has 2 aliphatic rings. The summed E-state index contributed by atoms with van der Waals surface area (Å²) in [5.41, 5.74) is 2.15. The van der Waals surface area contributed by atoms with E-state index in [4.69, 9.17) is 5.41 Å². The van der Waals surface area contributed by atoms with Gasteiger partial charge in [0.2, 0.25) is 0 Å². The van der Waals surface area contributed by atoms with E-state index in [9.17, 15) is 0 Å². The van der Waals surface area contributed by atoms with Gasteiger partial charge in [0, 0.05) is 11.4 Å². The maximum atomic E-state index is 8.64. The number of thiophene rings is 1. The van der Waals surface area contributed by atoms with Gasteiger partial charge in [0.05, 0.1) is 11.7 Å². The Kier molecular flexibility index (Phi) is 3.57. The van der Waals surface area contributed by atoms with Gasteiger partial charge < -0.3 is 4.57 Å². The van der Waals surface area contributed by atoms with Crippen LogP contribution in [0.4, 0.5) is 0 Å². The predicted molar refractivity (Wildman–Crippen MR) is 86.7 cm³/mol. The maximum Gasteiger partial charge on any atom is 0.136 e. The molecular formula is C17H23N3S. The first-order chi connectivity index (χ1) is 10.3. The Labute approximate surface area is 129 Å². The lowest BCUT2D eigenvalue weighted by molar-refractivity contribution is 0.314. The fourth-order valence-electron chi connectivity index (χ4n) is 4.00. The van der Waals surface area contributed by atoms with E-state index in [1.807, 2.05) is 17.7 Å². The first-order valence-electron chi connectivity index (χ1n) is 8.37. The van der Waals surface area contributed by atoms with Crippen LogP contribution in [0, 0.1) is 11.3 Å². The highest BCUT2D eigenvalue weighted by molar-refractivity contribution is 7.18. The van der Waals surface area contributed by atoms with Crippen LogP contribution >= 0.6 is 11.3 Å². The summed E-state index contributed by atoms with van der Waals surface area (Å²) in [6.45, 7) is 0.992. The van der Waals surface area contributed by atoms with Gasteiger partial charge in [0.25, 0.3) is 0 Å². The van der Waals surface area contributed by atoms with Gasteiger partial charge in [0.15, 0.2) is 0 Å². The molecule has 0 aromatic carbocycles. The molecule has 3 nitrogen and oxygen atoms in total. The summed E-state index contributed by atoms with van der Waals surface area (Å²) in [5.74, 6) is 0.751. The van der Waals surface area contributed by atoms with E-state index in [0.717, 1.165) is 29.1 Å². The second-order valence-corrected chi connectivity index (χ2v) is 7.72. The minimum atomic E-state index is 0.713. The Morgan fingerprint density at radius 1 is 1.14 bits per heavy atom. The molecule has 0 saturated heterocycles. The minimum Gasteiger partial charge on any atom is -0.317 e. The van der Waals surface area contributed by atoms with E-state index in [-0.39, 0.29) is 0 Å². The van der Waals surface area contributed by atoms with Gasteiger partial charge >= 0.3 is 0 Å². The van der Waals surface area contributed by atoms with Gasteiger partial charge in [-0.1, -0.05) is 19.3 Å². The number of fused-ring (bicyclic) bond motifs is 3. The fraction of sp³-hybridized carbons (Fsp3) is 0.647. The molecule has 2 aromatic rings. The van der Waals surface area contributed by atoms with Crippen molar-refractivity contribution in [2.45, 2.75) is 64.3 Å². The van der Waals surface area contributed by atoms with Crippen LogP contribution in [0.5, 0.6) is 0 Å². The van der Waals surface area contributed by atoms with Crippen LogP contribution in [0.2, 0.25) is 0 Å². The summed E-state index contributed by atoms with van der Waals surface area (Å²) in [7, 11) is 0. The highest BCUT2D eigenvalue weighted by Gasteiger charge is 2.20. The summed E-state index contributed by atoms with van der Waals surface area (Å²) in [5, 5.41) is 9.80. The quantitative estimate of drug-likeness (QED) is 0.893. The van der Waals surface area contributed by atoms with Crippen LogP contribution in [0.25, 0.3) is 10.2 Å². The van der Waals surface area contributed by atoms with Crippen molar-refractivity contribution in [1.82, 2.24) is 9.55 Å². The molecule has 112 valence electrons. The van der Waals surface area contributed by atoms with Gasteiger partial charge in [-0.05, 0) is 50.0 Å². The molecular weight excluding hydrogens is 278 g/mol. The molecule has 1 saturated carbocycles. The maximum absolute atomic E-state index is 8.64. The predicted octanol–water partition coefficient (Wildman–Crippen LogP) is 4.04. The largest absolute Gasteiger partial charge is 0.317 e. The van der Waals surface area contributed by atoms with E-state index in [2.05, 4.69) is 9.55 Å². The van der Waals surface area contributed by atoms with E-state index in [1.54, 1.807) is 0 Å². The monoisotopic (exact) mass is 301 g/mol. The Morgan fingerprint density at radius 3 is 2.81 bits per heavy atom. The van der Waals surface area contributed by atoms with Crippen molar-refractivity contribution in [3.05, 3.63) is 22.3 Å². The molecule has 0 bridgehead atoms. The second-order valence-electron chi connectivity index (χ2n) is 6.64. The van der Waals surface area contributed by atoms with Crippen LogP contribution in [-0.4, -0.2) is 9.55 Å². The van der Waals surface area contributed by atoms with E-state index >= 15 is 0 Å². The van der Waals surface area contributed by atoms with Crippen molar-refractivity contribution in [3.8, 4) is 0 Å². The van der Waals surface area contributed by atoms with Crippen molar-refractivity contribution in [1.29, 1.82) is 5.41 Å². The molecule has 0 unspecified atom stereocenters. The number of nitrogens with zero attached hydrogens (tertiary/aromatic N) is 2. The van der Waals surface area contributed by atoms with Gasteiger partial charge in [-0.3, -0.25) is 5.41 Å². The highest BCUT2D eigenvalue weighted by atomic mass is 32.1. The van der Waals surface area contributed by atoms with Crippen LogP contribution in [0.3, 0.4) is 0 Å². The van der Waals surface area contributed by atoms with Crippen molar-refractivity contribution in [3.63, 3.8) is 0 Å². The number of rotatable bonds is 2. The molecule has 2 heterocycles. The van der Waals surface area contributed by atoms with Crippen molar-refractivity contribution in [2.24, 2.45) is 5.92 Å². The lowest BCUT2D eigenvalue weighted by Gasteiger charge is -2.22. The average Bonchev–Trinajstić information content (AvgIpc) is 2.90. The van der Waals surface area contributed by atoms with Gasteiger partial charge in [0.1, 0.15) is 10.3 Å². The molecule has 0 radical (unpaired) electrons. The number of hydrogen-bond acceptors (Lipinski definition) is 3. The molecule has 2 aromatic heterocycles. The topological polar surface area (TPSA) is 41.7 Å². The third kappa shape index (κ3) is 2.44. The van der Waals surface area contributed by atoms with Gasteiger partial charge in [-0.25, -0.2) is 4.98 Å². The van der Waals surface area contributed by atoms with Crippen LogP contribution in [-0.2, 0) is 19.4 Å². The standard InChI is InChI=1S/C17H23N3S/c18-16-15-13-8-4-5-9-14(13)21-17(15)19-11-20(16)10-12-6-2-1-3-7-12/h11-12,18H,1-10H2. The SMILES string of the molecule is N=c1c2c3c(sc2ncn1CC1CCCCC1)CCCC3. The number of hydrogen-bond donors (Lipinski definition) is 1. The Bertz CT molecular complexity index is 707. The average molecular weight is 301 g/mol. The Morgan fingerprint density at radius 2 is 1.95 bits per heavy atom. The third-order valence-electron chi connectivity index (χ3n) is 5.17. The smallest absolute Gasteiger partial charge is 0.136 e. The summed E-state index contributed by atoms with van der Waals surface area (Å²) < 4.78 is 2.11. The summed E-state index contributed by atoms with van der Waals surface area (Å²) >= 11 is 1.82. The highest BCUT2D eigenvalue weighted by Crippen LogP contribution is 2.33. The number of nitrogens with one attached hydrogen (secondary N) is 1. The normalized spacial score (nSPS) is 19.8. The van der Waals surface area contributed by atoms with Crippen molar-refractivity contribution in [2.75, 3.05) is 0 Å². The molecule has 4 rings (SSSR count). The number of aromatic nitrogens is 2. The Hall–Kier alpha value is -1.16. The van der Waals surface area contributed by atoms with E-state index in [1.165, 1.54) is 61.8 Å². The van der Waals surface area contributed by atoms with Crippen molar-refractivity contribution >= 4 is 21.6 Å². The third-order valence-corrected chi connectivity index (χ3v) is 6.37. The Balaban J connectivity index is 1.73. The lowest BCUT2D eigenvalue weighted by atomic mass is 9.89. The van der Waals surface area contributed by atoms with Gasteiger partial charge in [-0.15, -0.1) is 11.3 Å². The second kappa shape index (κ2) is 5.56. The zero-order valence-electron chi connectivity index (χ0n) is 12.5. The van der Waals surface area contributed by atoms with E-state index in [0.29, 0.717) is 5.49 Å². The fourth-order valence-corrected chi connectivity index (χ4v) is 5.23. The number of aryl methyl sites for hydroxylation is 2. The molecule has 0 amide bonds. The van der Waals surface area contributed by atoms with Crippen LogP contribution in [0.1, 0.15) is 55.4 Å². The minimum absolute atomic E-state index is 0.713. The first kappa shape index (κ1) is 13.5. The molecule has 1 fully saturated rings. The first-order valence-corrected chi connectivity index (χ1v) is 9.19. The molecule has 1 N–H and O–H groups in total. The molecule has 2 aliphatic carbocycles. The van der Waals surface area contributed by atoms with E-state index < -0.39 is 0 Å². The summed E-state index contributed by atoms with van der Waals surface area (Å²) in [6.07, 6.45) is 13.6. The summed E-state index contributed by atoms with van der Waals surface area (Å²) in [4.78, 5) is 7.26. The summed E-state index contributed by atoms with van der Waals surface area (Å²) in [6, 6.07) is 0. The van der Waals surface area contributed by atoms with Gasteiger partial charge in [-0.2, -0.15) is 0 Å².